The molecule has 4 nitrogen and oxygen atoms in total. The third-order valence-electron chi connectivity index (χ3n) is 1.80. The van der Waals surface area contributed by atoms with Gasteiger partial charge in [0.2, 0.25) is 0 Å². The van der Waals surface area contributed by atoms with E-state index in [1.54, 1.807) is 0 Å². The molecule has 0 heterocycles. The molecule has 6 heteroatoms. The topological polar surface area (TPSA) is 75.7 Å². The highest BCUT2D eigenvalue weighted by Crippen LogP contribution is 2.13. The van der Waals surface area contributed by atoms with E-state index < -0.39 is 0 Å². The van der Waals surface area contributed by atoms with Crippen molar-refractivity contribution in [2.45, 2.75) is 6.92 Å². The monoisotopic (exact) mass is 256 g/mol. The molecule has 17 heavy (non-hydrogen) atoms. The van der Waals surface area contributed by atoms with Gasteiger partial charge in [0.25, 0.3) is 6.47 Å². The van der Waals surface area contributed by atoms with E-state index in [-0.39, 0.29) is 18.8 Å². The molecule has 3 N–H and O–H groups in total. The highest BCUT2D eigenvalue weighted by molar-refractivity contribution is 7.93. The second-order valence-corrected chi connectivity index (χ2v) is 3.25. The van der Waals surface area contributed by atoms with Crippen molar-refractivity contribution in [3.05, 3.63) is 41.6 Å². The van der Waals surface area contributed by atoms with Crippen LogP contribution in [-0.4, -0.2) is 17.8 Å². The fourth-order valence-electron chi connectivity index (χ4n) is 1.04. The molecule has 0 saturated carbocycles. The van der Waals surface area contributed by atoms with E-state index >= 15 is 0 Å². The molecule has 0 amide bonds. The summed E-state index contributed by atoms with van der Waals surface area (Å²) in [6.07, 6.45) is 2.81. The summed E-state index contributed by atoms with van der Waals surface area (Å²) in [6, 6.07) is 7.77. The Bertz CT molecular complexity index is 391. The summed E-state index contributed by atoms with van der Waals surface area (Å²) in [7, 11) is 0. The van der Waals surface area contributed by atoms with E-state index in [0.717, 1.165) is 5.56 Å². The molecule has 92 valence electrons. The number of nitrogens with zero attached hydrogens (tertiary/aromatic N) is 1. The van der Waals surface area contributed by atoms with Gasteiger partial charge in [-0.05, 0) is 12.5 Å². The van der Waals surface area contributed by atoms with Crippen molar-refractivity contribution in [2.24, 2.45) is 10.1 Å². The van der Waals surface area contributed by atoms with E-state index in [1.807, 2.05) is 31.2 Å². The van der Waals surface area contributed by atoms with Crippen molar-refractivity contribution in [1.29, 1.82) is 0 Å². The second-order valence-electron chi connectivity index (χ2n) is 2.90. The van der Waals surface area contributed by atoms with Crippen LogP contribution in [0.4, 0.5) is 3.89 Å². The summed E-state index contributed by atoms with van der Waals surface area (Å²) in [5, 5.41) is 6.89. The molecule has 1 aromatic carbocycles. The minimum absolute atomic E-state index is 0.0838. The molecular formula is C11H13FN2O2S. The van der Waals surface area contributed by atoms with Gasteiger partial charge < -0.3 is 10.8 Å². The molecule has 0 aromatic heterocycles. The van der Waals surface area contributed by atoms with E-state index in [4.69, 9.17) is 15.6 Å². The summed E-state index contributed by atoms with van der Waals surface area (Å²) >= 11 is -0.0838. The number of carbonyl (C=O) groups is 1. The molecule has 0 radical (unpaired) electrons. The molecule has 0 aliphatic carbocycles. The Hall–Kier alpha value is -1.82. The number of carboxylic acid groups (broad SMARTS) is 1. The first-order valence-electron chi connectivity index (χ1n) is 4.57. The van der Waals surface area contributed by atoms with Crippen LogP contribution in [0, 0.1) is 6.92 Å². The Morgan fingerprint density at radius 2 is 2.00 bits per heavy atom. The third-order valence-corrected chi connectivity index (χ3v) is 1.98. The summed E-state index contributed by atoms with van der Waals surface area (Å²) in [4.78, 5) is 8.36. The van der Waals surface area contributed by atoms with Crippen LogP contribution in [0.3, 0.4) is 0 Å². The number of hydrogen-bond donors (Lipinski definition) is 2. The molecular weight excluding hydrogens is 243 g/mol. The molecule has 1 aromatic rings. The molecule has 0 saturated heterocycles. The van der Waals surface area contributed by atoms with Gasteiger partial charge in [0.1, 0.15) is 0 Å². The zero-order chi connectivity index (χ0) is 13.1. The SMILES string of the molecule is Cc1ccc(C(=C/N)/C=N/SF)cc1.O=CO. The van der Waals surface area contributed by atoms with Crippen LogP contribution in [0.1, 0.15) is 11.1 Å². The summed E-state index contributed by atoms with van der Waals surface area (Å²) < 4.78 is 15.1. The lowest BCUT2D eigenvalue weighted by Gasteiger charge is -2.00. The zero-order valence-electron chi connectivity index (χ0n) is 9.21. The number of allylic oxidation sites excluding steroid dienone is 1. The van der Waals surface area contributed by atoms with Gasteiger partial charge in [-0.1, -0.05) is 29.8 Å². The maximum atomic E-state index is 11.7. The highest BCUT2D eigenvalue weighted by atomic mass is 32.2. The van der Waals surface area contributed by atoms with Gasteiger partial charge in [0.15, 0.2) is 12.3 Å². The van der Waals surface area contributed by atoms with E-state index in [2.05, 4.69) is 4.40 Å². The van der Waals surface area contributed by atoms with Crippen LogP contribution in [-0.2, 0) is 4.79 Å². The lowest BCUT2D eigenvalue weighted by Crippen LogP contribution is -1.90. The van der Waals surface area contributed by atoms with Crippen LogP contribution in [0.15, 0.2) is 34.9 Å². The molecule has 0 aliphatic rings. The number of rotatable bonds is 3. The maximum absolute atomic E-state index is 11.7. The lowest BCUT2D eigenvalue weighted by molar-refractivity contribution is -0.122. The van der Waals surface area contributed by atoms with Crippen LogP contribution in [0.5, 0.6) is 0 Å². The van der Waals surface area contributed by atoms with Gasteiger partial charge >= 0.3 is 0 Å². The summed E-state index contributed by atoms with van der Waals surface area (Å²) in [6.45, 7) is 1.75. The molecule has 0 fully saturated rings. The quantitative estimate of drug-likeness (QED) is 0.495. The Morgan fingerprint density at radius 1 is 1.47 bits per heavy atom. The van der Waals surface area contributed by atoms with Gasteiger partial charge in [0.05, 0.1) is 0 Å². The molecule has 0 bridgehead atoms. The van der Waals surface area contributed by atoms with Crippen LogP contribution < -0.4 is 5.73 Å². The fourth-order valence-corrected chi connectivity index (χ4v) is 1.19. The van der Waals surface area contributed by atoms with Crippen LogP contribution in [0.25, 0.3) is 5.57 Å². The van der Waals surface area contributed by atoms with Crippen molar-refractivity contribution in [2.75, 3.05) is 0 Å². The predicted molar refractivity (Wildman–Crippen MR) is 69.2 cm³/mol. The Labute approximate surface area is 103 Å². The van der Waals surface area contributed by atoms with Gasteiger partial charge in [-0.15, -0.1) is 3.89 Å². The third kappa shape index (κ3) is 6.36. The largest absolute Gasteiger partial charge is 0.483 e. The van der Waals surface area contributed by atoms with Crippen molar-refractivity contribution in [1.82, 2.24) is 0 Å². The normalized spacial score (nSPS) is 10.8. The number of halogens is 1. The number of hydrogen-bond acceptors (Lipinski definition) is 4. The van der Waals surface area contributed by atoms with Crippen LogP contribution >= 0.6 is 12.3 Å². The molecule has 0 aliphatic heterocycles. The molecule has 0 unspecified atom stereocenters. The first kappa shape index (κ1) is 15.2. The first-order valence-corrected chi connectivity index (χ1v) is 5.24. The number of nitrogens with two attached hydrogens (primary N) is 1. The lowest BCUT2D eigenvalue weighted by atomic mass is 10.1. The van der Waals surface area contributed by atoms with Crippen LogP contribution in [0.2, 0.25) is 0 Å². The standard InChI is InChI=1S/C10H11FN2S.CH2O2/c1-8-2-4-9(5-3-8)10(6-12)7-13-14-11;2-1-3/h2-7H,12H2,1H3;1H,(H,2,3)/b10-6+,13-7+;. The number of aryl methyl sites for hydroxylation is 1. The first-order chi connectivity index (χ1) is 8.19. The Kier molecular flexibility index (Phi) is 8.40. The average molecular weight is 256 g/mol. The van der Waals surface area contributed by atoms with Crippen molar-refractivity contribution in [3.63, 3.8) is 0 Å². The fraction of sp³-hybridized carbons (Fsp3) is 0.0909. The van der Waals surface area contributed by atoms with E-state index in [1.165, 1.54) is 18.0 Å². The maximum Gasteiger partial charge on any atom is 0.290 e. The molecule has 0 atom stereocenters. The molecule has 1 rings (SSSR count). The minimum atomic E-state index is -0.250. The van der Waals surface area contributed by atoms with E-state index in [9.17, 15) is 3.89 Å². The highest BCUT2D eigenvalue weighted by Gasteiger charge is 1.96. The zero-order valence-corrected chi connectivity index (χ0v) is 10.0. The summed E-state index contributed by atoms with van der Waals surface area (Å²) in [5.74, 6) is 0. The van der Waals surface area contributed by atoms with E-state index in [0.29, 0.717) is 5.57 Å². The Morgan fingerprint density at radius 3 is 2.41 bits per heavy atom. The molecule has 0 spiro atoms. The second kappa shape index (κ2) is 9.41. The van der Waals surface area contributed by atoms with Gasteiger partial charge in [-0.2, -0.15) is 4.40 Å². The smallest absolute Gasteiger partial charge is 0.290 e. The average Bonchev–Trinajstić information content (AvgIpc) is 2.33. The van der Waals surface area contributed by atoms with Crippen molar-refractivity contribution >= 4 is 30.6 Å². The Balaban J connectivity index is 0.000000770. The van der Waals surface area contributed by atoms with Gasteiger partial charge in [-0.25, -0.2) is 0 Å². The van der Waals surface area contributed by atoms with Crippen molar-refractivity contribution in [3.8, 4) is 0 Å². The number of benzene rings is 1. The predicted octanol–water partition coefficient (Wildman–Crippen LogP) is 2.60. The minimum Gasteiger partial charge on any atom is -0.483 e. The summed E-state index contributed by atoms with van der Waals surface area (Å²) in [5.41, 5.74) is 8.20. The van der Waals surface area contributed by atoms with Crippen molar-refractivity contribution < 1.29 is 13.8 Å². The van der Waals surface area contributed by atoms with Gasteiger partial charge in [0, 0.05) is 18.0 Å². The van der Waals surface area contributed by atoms with Gasteiger partial charge in [-0.3, -0.25) is 4.79 Å².